The summed E-state index contributed by atoms with van der Waals surface area (Å²) >= 11 is 0. The monoisotopic (exact) mass is 280 g/mol. The zero-order valence-electron chi connectivity index (χ0n) is 11.8. The van der Waals surface area contributed by atoms with Gasteiger partial charge in [-0.15, -0.1) is 0 Å². The Labute approximate surface area is 122 Å². The fraction of sp³-hybridized carbons (Fsp3) is 0.176. The zero-order valence-corrected chi connectivity index (χ0v) is 11.8. The SMILES string of the molecule is CCOC(=O)c1ccc(Cc2nc3ccccc3[nH]2)cc1. The second-order valence-corrected chi connectivity index (χ2v) is 4.79. The average molecular weight is 280 g/mol. The van der Waals surface area contributed by atoms with E-state index in [9.17, 15) is 4.79 Å². The molecule has 0 saturated carbocycles. The van der Waals surface area contributed by atoms with Gasteiger partial charge in [-0.2, -0.15) is 0 Å². The summed E-state index contributed by atoms with van der Waals surface area (Å²) in [6.07, 6.45) is 0.706. The lowest BCUT2D eigenvalue weighted by Gasteiger charge is -2.03. The Hall–Kier alpha value is -2.62. The molecule has 0 aliphatic heterocycles. The molecule has 3 rings (SSSR count). The van der Waals surface area contributed by atoms with Crippen LogP contribution in [-0.4, -0.2) is 22.5 Å². The van der Waals surface area contributed by atoms with Gasteiger partial charge in [0.2, 0.25) is 0 Å². The minimum absolute atomic E-state index is 0.284. The zero-order chi connectivity index (χ0) is 14.7. The van der Waals surface area contributed by atoms with Gasteiger partial charge in [-0.05, 0) is 36.8 Å². The standard InChI is InChI=1S/C17H16N2O2/c1-2-21-17(20)13-9-7-12(8-10-13)11-16-18-14-5-3-4-6-15(14)19-16/h3-10H,2,11H2,1H3,(H,18,19). The molecule has 4 heteroatoms. The van der Waals surface area contributed by atoms with Crippen LogP contribution in [0.4, 0.5) is 0 Å². The number of fused-ring (bicyclic) bond motifs is 1. The maximum absolute atomic E-state index is 11.6. The molecule has 106 valence electrons. The van der Waals surface area contributed by atoms with Crippen LogP contribution in [0.5, 0.6) is 0 Å². The molecule has 2 aromatic carbocycles. The van der Waals surface area contributed by atoms with Crippen LogP contribution in [0.15, 0.2) is 48.5 Å². The summed E-state index contributed by atoms with van der Waals surface area (Å²) in [5.74, 6) is 0.632. The molecule has 3 aromatic rings. The molecule has 0 fully saturated rings. The first-order chi connectivity index (χ1) is 10.3. The van der Waals surface area contributed by atoms with Crippen molar-refractivity contribution in [1.29, 1.82) is 0 Å². The van der Waals surface area contributed by atoms with Crippen molar-refractivity contribution in [3.63, 3.8) is 0 Å². The van der Waals surface area contributed by atoms with Crippen LogP contribution in [0.1, 0.15) is 28.7 Å². The third-order valence-corrected chi connectivity index (χ3v) is 3.28. The quantitative estimate of drug-likeness (QED) is 0.746. The molecule has 0 spiro atoms. The molecule has 0 unspecified atom stereocenters. The second kappa shape index (κ2) is 5.79. The molecule has 4 nitrogen and oxygen atoms in total. The second-order valence-electron chi connectivity index (χ2n) is 4.79. The van der Waals surface area contributed by atoms with Gasteiger partial charge in [0.25, 0.3) is 0 Å². The van der Waals surface area contributed by atoms with Crippen LogP contribution in [-0.2, 0) is 11.2 Å². The number of hydrogen-bond donors (Lipinski definition) is 1. The van der Waals surface area contributed by atoms with Crippen LogP contribution in [0.3, 0.4) is 0 Å². The summed E-state index contributed by atoms with van der Waals surface area (Å²) in [6.45, 7) is 2.19. The highest BCUT2D eigenvalue weighted by Crippen LogP contribution is 2.14. The molecule has 1 N–H and O–H groups in total. The predicted molar refractivity (Wildman–Crippen MR) is 81.3 cm³/mol. The molecule has 0 saturated heterocycles. The number of aromatic amines is 1. The van der Waals surface area contributed by atoms with E-state index in [-0.39, 0.29) is 5.97 Å². The number of hydrogen-bond acceptors (Lipinski definition) is 3. The molecular weight excluding hydrogens is 264 g/mol. The number of H-pyrrole nitrogens is 1. The molecule has 0 bridgehead atoms. The first-order valence-electron chi connectivity index (χ1n) is 6.96. The molecule has 0 radical (unpaired) electrons. The molecule has 0 atom stereocenters. The summed E-state index contributed by atoms with van der Waals surface area (Å²) in [5, 5.41) is 0. The van der Waals surface area contributed by atoms with E-state index in [1.54, 1.807) is 19.1 Å². The minimum atomic E-state index is -0.284. The molecule has 1 heterocycles. The number of nitrogens with zero attached hydrogens (tertiary/aromatic N) is 1. The predicted octanol–water partition coefficient (Wildman–Crippen LogP) is 3.33. The first-order valence-corrected chi connectivity index (χ1v) is 6.96. The van der Waals surface area contributed by atoms with E-state index < -0.39 is 0 Å². The molecular formula is C17H16N2O2. The van der Waals surface area contributed by atoms with E-state index >= 15 is 0 Å². The summed E-state index contributed by atoms with van der Waals surface area (Å²) in [4.78, 5) is 19.4. The summed E-state index contributed by atoms with van der Waals surface area (Å²) < 4.78 is 4.97. The number of esters is 1. The Morgan fingerprint density at radius 1 is 1.14 bits per heavy atom. The van der Waals surface area contributed by atoms with Crippen molar-refractivity contribution in [2.45, 2.75) is 13.3 Å². The van der Waals surface area contributed by atoms with Crippen molar-refractivity contribution >= 4 is 17.0 Å². The van der Waals surface area contributed by atoms with Crippen LogP contribution >= 0.6 is 0 Å². The average Bonchev–Trinajstić information content (AvgIpc) is 2.90. The number of rotatable bonds is 4. The number of para-hydroxylation sites is 2. The Bertz CT molecular complexity index is 727. The van der Waals surface area contributed by atoms with E-state index in [0.717, 1.165) is 22.4 Å². The van der Waals surface area contributed by atoms with Gasteiger partial charge < -0.3 is 9.72 Å². The highest BCUT2D eigenvalue weighted by atomic mass is 16.5. The Morgan fingerprint density at radius 2 is 1.90 bits per heavy atom. The van der Waals surface area contributed by atoms with Crippen molar-refractivity contribution in [3.8, 4) is 0 Å². The van der Waals surface area contributed by atoms with Crippen LogP contribution in [0, 0.1) is 0 Å². The van der Waals surface area contributed by atoms with Gasteiger partial charge in [-0.25, -0.2) is 9.78 Å². The number of carbonyl (C=O) groups is 1. The van der Waals surface area contributed by atoms with Gasteiger partial charge >= 0.3 is 5.97 Å². The molecule has 0 amide bonds. The normalized spacial score (nSPS) is 10.7. The van der Waals surface area contributed by atoms with Crippen molar-refractivity contribution in [2.75, 3.05) is 6.61 Å². The molecule has 1 aromatic heterocycles. The van der Waals surface area contributed by atoms with Gasteiger partial charge in [0.05, 0.1) is 23.2 Å². The number of benzene rings is 2. The van der Waals surface area contributed by atoms with Gasteiger partial charge in [0.1, 0.15) is 5.82 Å². The summed E-state index contributed by atoms with van der Waals surface area (Å²) in [5.41, 5.74) is 3.68. The summed E-state index contributed by atoms with van der Waals surface area (Å²) in [6, 6.07) is 15.4. The molecule has 0 aliphatic rings. The largest absolute Gasteiger partial charge is 0.462 e. The lowest BCUT2D eigenvalue weighted by Crippen LogP contribution is -2.04. The van der Waals surface area contributed by atoms with Crippen molar-refractivity contribution in [3.05, 3.63) is 65.5 Å². The Kier molecular flexibility index (Phi) is 3.69. The summed E-state index contributed by atoms with van der Waals surface area (Å²) in [7, 11) is 0. The van der Waals surface area contributed by atoms with Gasteiger partial charge in [-0.3, -0.25) is 0 Å². The first kappa shape index (κ1) is 13.4. The van der Waals surface area contributed by atoms with Gasteiger partial charge in [0.15, 0.2) is 0 Å². The van der Waals surface area contributed by atoms with Crippen molar-refractivity contribution in [1.82, 2.24) is 9.97 Å². The van der Waals surface area contributed by atoms with E-state index in [1.807, 2.05) is 36.4 Å². The number of nitrogens with one attached hydrogen (secondary N) is 1. The third-order valence-electron chi connectivity index (χ3n) is 3.28. The van der Waals surface area contributed by atoms with Crippen molar-refractivity contribution < 1.29 is 9.53 Å². The van der Waals surface area contributed by atoms with E-state index in [1.165, 1.54) is 0 Å². The number of imidazole rings is 1. The van der Waals surface area contributed by atoms with Crippen LogP contribution in [0.25, 0.3) is 11.0 Å². The minimum Gasteiger partial charge on any atom is -0.462 e. The third kappa shape index (κ3) is 2.94. The van der Waals surface area contributed by atoms with Crippen LogP contribution in [0.2, 0.25) is 0 Å². The fourth-order valence-corrected chi connectivity index (χ4v) is 2.26. The maximum Gasteiger partial charge on any atom is 0.338 e. The van der Waals surface area contributed by atoms with E-state index in [4.69, 9.17) is 4.74 Å². The smallest absolute Gasteiger partial charge is 0.338 e. The molecule has 0 aliphatic carbocycles. The molecule has 21 heavy (non-hydrogen) atoms. The lowest BCUT2D eigenvalue weighted by atomic mass is 10.1. The lowest BCUT2D eigenvalue weighted by molar-refractivity contribution is 0.0526. The maximum atomic E-state index is 11.6. The van der Waals surface area contributed by atoms with E-state index in [2.05, 4.69) is 9.97 Å². The van der Waals surface area contributed by atoms with Gasteiger partial charge in [-0.1, -0.05) is 24.3 Å². The Balaban J connectivity index is 1.77. The number of carbonyl (C=O) groups excluding carboxylic acids is 1. The number of ether oxygens (including phenoxy) is 1. The van der Waals surface area contributed by atoms with Crippen LogP contribution < -0.4 is 0 Å². The Morgan fingerprint density at radius 3 is 2.62 bits per heavy atom. The van der Waals surface area contributed by atoms with Crippen molar-refractivity contribution in [2.24, 2.45) is 0 Å². The fourth-order valence-electron chi connectivity index (χ4n) is 2.26. The highest BCUT2D eigenvalue weighted by Gasteiger charge is 2.07. The number of aromatic nitrogens is 2. The van der Waals surface area contributed by atoms with Gasteiger partial charge in [0, 0.05) is 6.42 Å². The topological polar surface area (TPSA) is 55.0 Å². The highest BCUT2D eigenvalue weighted by molar-refractivity contribution is 5.89. The van der Waals surface area contributed by atoms with E-state index in [0.29, 0.717) is 18.6 Å².